The molecule has 0 saturated heterocycles. The van der Waals surface area contributed by atoms with E-state index in [2.05, 4.69) is 90.8 Å². The van der Waals surface area contributed by atoms with Gasteiger partial charge in [-0.15, -0.1) is 0 Å². The first-order valence-corrected chi connectivity index (χ1v) is 10.8. The van der Waals surface area contributed by atoms with Crippen LogP contribution in [0.15, 0.2) is 89.5 Å². The molecule has 1 aliphatic heterocycles. The average Bonchev–Trinajstić information content (AvgIpc) is 3.16. The monoisotopic (exact) mass is 398 g/mol. The van der Waals surface area contributed by atoms with Crippen molar-refractivity contribution in [2.75, 3.05) is 0 Å². The Balaban J connectivity index is 1.51. The molecule has 0 fully saturated rings. The third kappa shape index (κ3) is 3.12. The minimum atomic E-state index is 0.889. The molecule has 2 heteroatoms. The van der Waals surface area contributed by atoms with E-state index in [4.69, 9.17) is 4.98 Å². The van der Waals surface area contributed by atoms with Gasteiger partial charge in [-0.2, -0.15) is 0 Å². The van der Waals surface area contributed by atoms with E-state index in [1.165, 1.54) is 33.0 Å². The fourth-order valence-corrected chi connectivity index (χ4v) is 4.61. The minimum Gasteiger partial charge on any atom is -0.254 e. The zero-order valence-corrected chi connectivity index (χ0v) is 17.5. The second-order valence-corrected chi connectivity index (χ2v) is 8.32. The van der Waals surface area contributed by atoms with Crippen molar-refractivity contribution >= 4 is 39.7 Å². The highest BCUT2D eigenvalue weighted by atomic mass is 14.8. The molecule has 1 aliphatic carbocycles. The van der Waals surface area contributed by atoms with E-state index in [-0.39, 0.29) is 0 Å². The number of aliphatic imine (C=N–C) groups is 1. The van der Waals surface area contributed by atoms with Crippen molar-refractivity contribution < 1.29 is 0 Å². The van der Waals surface area contributed by atoms with Crippen molar-refractivity contribution in [2.45, 2.75) is 19.8 Å². The zero-order chi connectivity index (χ0) is 20.8. The molecule has 6 rings (SSSR count). The molecule has 0 unspecified atom stereocenters. The van der Waals surface area contributed by atoms with Crippen LogP contribution in [-0.4, -0.2) is 11.2 Å². The number of nitrogens with zero attached hydrogens (tertiary/aromatic N) is 2. The van der Waals surface area contributed by atoms with Crippen molar-refractivity contribution in [3.63, 3.8) is 0 Å². The van der Waals surface area contributed by atoms with Crippen LogP contribution in [0, 0.1) is 0 Å². The van der Waals surface area contributed by atoms with Gasteiger partial charge in [-0.3, -0.25) is 4.99 Å². The molecule has 4 aromatic rings. The lowest BCUT2D eigenvalue weighted by Gasteiger charge is -2.11. The molecule has 3 aromatic carbocycles. The van der Waals surface area contributed by atoms with Crippen molar-refractivity contribution in [2.24, 2.45) is 4.99 Å². The van der Waals surface area contributed by atoms with Gasteiger partial charge >= 0.3 is 0 Å². The van der Waals surface area contributed by atoms with Crippen molar-refractivity contribution in [3.8, 4) is 11.3 Å². The average molecular weight is 399 g/mol. The van der Waals surface area contributed by atoms with Gasteiger partial charge in [0.1, 0.15) is 0 Å². The van der Waals surface area contributed by atoms with Gasteiger partial charge in [-0.05, 0) is 65.4 Å². The van der Waals surface area contributed by atoms with E-state index in [9.17, 15) is 0 Å². The van der Waals surface area contributed by atoms with Crippen molar-refractivity contribution in [1.29, 1.82) is 0 Å². The molecule has 2 nitrogen and oxygen atoms in total. The summed E-state index contributed by atoms with van der Waals surface area (Å²) >= 11 is 0. The molecule has 0 saturated carbocycles. The summed E-state index contributed by atoms with van der Waals surface area (Å²) in [6.07, 6.45) is 14.6. The first kappa shape index (κ1) is 18.0. The van der Waals surface area contributed by atoms with E-state index in [0.717, 1.165) is 40.7 Å². The molecular formula is C29H22N2. The van der Waals surface area contributed by atoms with E-state index in [0.29, 0.717) is 0 Å². The van der Waals surface area contributed by atoms with E-state index < -0.39 is 0 Å². The van der Waals surface area contributed by atoms with E-state index in [1.807, 2.05) is 12.3 Å². The number of rotatable bonds is 1. The number of hydrogen-bond acceptors (Lipinski definition) is 2. The number of fused-ring (bicyclic) bond motifs is 6. The molecular weight excluding hydrogens is 376 g/mol. The fraction of sp³-hybridized carbons (Fsp3) is 0.103. The first-order valence-electron chi connectivity index (χ1n) is 10.8. The van der Waals surface area contributed by atoms with Crippen LogP contribution in [0.5, 0.6) is 0 Å². The Kier molecular flexibility index (Phi) is 4.17. The summed E-state index contributed by atoms with van der Waals surface area (Å²) in [5.41, 5.74) is 9.32. The molecule has 31 heavy (non-hydrogen) atoms. The smallest absolute Gasteiger partial charge is 0.0968 e. The molecule has 148 valence electrons. The quantitative estimate of drug-likeness (QED) is 0.328. The summed E-state index contributed by atoms with van der Waals surface area (Å²) in [4.78, 5) is 9.74. The Morgan fingerprint density at radius 2 is 1.65 bits per heavy atom. The van der Waals surface area contributed by atoms with Crippen LogP contribution in [0.3, 0.4) is 0 Å². The number of hydrogen-bond donors (Lipinski definition) is 0. The van der Waals surface area contributed by atoms with Crippen LogP contribution >= 0.6 is 0 Å². The highest BCUT2D eigenvalue weighted by molar-refractivity contribution is 5.97. The van der Waals surface area contributed by atoms with Crippen molar-refractivity contribution in [1.82, 2.24) is 4.98 Å². The maximum absolute atomic E-state index is 5.06. The summed E-state index contributed by atoms with van der Waals surface area (Å²) in [7, 11) is 0. The predicted octanol–water partition coefficient (Wildman–Crippen LogP) is 7.39. The van der Waals surface area contributed by atoms with Crippen LogP contribution < -0.4 is 0 Å². The van der Waals surface area contributed by atoms with Gasteiger partial charge in [0.2, 0.25) is 0 Å². The van der Waals surface area contributed by atoms with Gasteiger partial charge in [0.25, 0.3) is 0 Å². The Morgan fingerprint density at radius 1 is 0.806 bits per heavy atom. The third-order valence-corrected chi connectivity index (χ3v) is 6.22. The normalized spacial score (nSPS) is 14.8. The molecule has 0 atom stereocenters. The number of allylic oxidation sites excluding steroid dienone is 5. The number of pyridine rings is 1. The minimum absolute atomic E-state index is 0.889. The summed E-state index contributed by atoms with van der Waals surface area (Å²) in [6.45, 7) is 2.17. The third-order valence-electron chi connectivity index (χ3n) is 6.22. The summed E-state index contributed by atoms with van der Waals surface area (Å²) in [6, 6.07) is 19.8. The molecule has 0 radical (unpaired) electrons. The van der Waals surface area contributed by atoms with E-state index >= 15 is 0 Å². The molecule has 2 heterocycles. The summed E-state index contributed by atoms with van der Waals surface area (Å²) in [5, 5.41) is 3.67. The fourth-order valence-electron chi connectivity index (χ4n) is 4.61. The second kappa shape index (κ2) is 7.17. The van der Waals surface area contributed by atoms with Crippen LogP contribution in [0.4, 0.5) is 5.69 Å². The highest BCUT2D eigenvalue weighted by Gasteiger charge is 2.12. The maximum Gasteiger partial charge on any atom is 0.0968 e. The van der Waals surface area contributed by atoms with Gasteiger partial charge in [0, 0.05) is 17.2 Å². The Morgan fingerprint density at radius 3 is 2.61 bits per heavy atom. The van der Waals surface area contributed by atoms with Gasteiger partial charge in [0.15, 0.2) is 0 Å². The molecule has 0 N–H and O–H groups in total. The molecule has 0 bridgehead atoms. The zero-order valence-electron chi connectivity index (χ0n) is 17.5. The first-order chi connectivity index (χ1) is 15.3. The van der Waals surface area contributed by atoms with E-state index in [1.54, 1.807) is 0 Å². The largest absolute Gasteiger partial charge is 0.254 e. The lowest BCUT2D eigenvalue weighted by atomic mass is 9.95. The van der Waals surface area contributed by atoms with Crippen LogP contribution in [0.25, 0.3) is 39.0 Å². The second-order valence-electron chi connectivity index (χ2n) is 8.32. The predicted molar refractivity (Wildman–Crippen MR) is 132 cm³/mol. The maximum atomic E-state index is 5.06. The van der Waals surface area contributed by atoms with Crippen LogP contribution in [0.1, 0.15) is 23.6 Å². The van der Waals surface area contributed by atoms with Crippen molar-refractivity contribution in [3.05, 3.63) is 101 Å². The lowest BCUT2D eigenvalue weighted by molar-refractivity contribution is 1.26. The molecule has 2 aliphatic rings. The standard InChI is InChI=1S/C29H22N2/c1-19-5-4-7-20-8-11-23-18-24(12-14-25(23)26(20)17-19)27-15-13-22-10-9-21-6-2-3-16-30-28(21)29(22)31-27/h2-5,8-18H,6-7H2,1H3. The number of aromatic nitrogens is 1. The SMILES string of the molecule is CC1=Cc2c(ccc3cc(-c4ccc5ccc6c(c5n4)N=CC=CC6)ccc23)CC=C1. The topological polar surface area (TPSA) is 25.2 Å². The number of benzene rings is 3. The Bertz CT molecular complexity index is 1480. The summed E-state index contributed by atoms with van der Waals surface area (Å²) < 4.78 is 0. The van der Waals surface area contributed by atoms with Gasteiger partial charge < -0.3 is 0 Å². The summed E-state index contributed by atoms with van der Waals surface area (Å²) in [5.74, 6) is 0. The van der Waals surface area contributed by atoms with Gasteiger partial charge in [-0.1, -0.05) is 72.3 Å². The molecule has 1 aromatic heterocycles. The lowest BCUT2D eigenvalue weighted by Crippen LogP contribution is -1.91. The van der Waals surface area contributed by atoms with Gasteiger partial charge in [0.05, 0.1) is 16.9 Å². The van der Waals surface area contributed by atoms with Gasteiger partial charge in [-0.25, -0.2) is 4.98 Å². The molecule has 0 amide bonds. The Labute approximate surface area is 182 Å². The van der Waals surface area contributed by atoms with Crippen LogP contribution in [-0.2, 0) is 12.8 Å². The molecule has 0 spiro atoms. The highest BCUT2D eigenvalue weighted by Crippen LogP contribution is 2.34. The Hall–Kier alpha value is -3.78. The van der Waals surface area contributed by atoms with Crippen LogP contribution in [0.2, 0.25) is 0 Å².